The van der Waals surface area contributed by atoms with Gasteiger partial charge in [0.2, 0.25) is 0 Å². The standard InChI is InChI=1S/C11H15NO/c1-3-13-11-6-4-10(5-7-11)9(2)8-12/h4-7H,2-3,8,12H2,1H3. The van der Waals surface area contributed by atoms with Gasteiger partial charge in [-0.05, 0) is 30.2 Å². The molecule has 0 saturated carbocycles. The molecule has 0 aliphatic heterocycles. The Morgan fingerprint density at radius 2 is 2.00 bits per heavy atom. The van der Waals surface area contributed by atoms with E-state index < -0.39 is 0 Å². The van der Waals surface area contributed by atoms with Crippen molar-refractivity contribution >= 4 is 5.57 Å². The highest BCUT2D eigenvalue weighted by molar-refractivity contribution is 5.64. The first kappa shape index (κ1) is 9.81. The quantitative estimate of drug-likeness (QED) is 0.764. The molecule has 0 unspecified atom stereocenters. The average molecular weight is 177 g/mol. The third-order valence-corrected chi connectivity index (χ3v) is 1.82. The minimum Gasteiger partial charge on any atom is -0.494 e. The van der Waals surface area contributed by atoms with Gasteiger partial charge in [-0.15, -0.1) is 0 Å². The van der Waals surface area contributed by atoms with Gasteiger partial charge in [0.05, 0.1) is 6.61 Å². The minimum atomic E-state index is 0.494. The van der Waals surface area contributed by atoms with E-state index in [1.54, 1.807) is 0 Å². The van der Waals surface area contributed by atoms with Crippen LogP contribution in [0.3, 0.4) is 0 Å². The number of nitrogens with two attached hydrogens (primary N) is 1. The fourth-order valence-electron chi connectivity index (χ4n) is 1.07. The van der Waals surface area contributed by atoms with Crippen molar-refractivity contribution in [2.75, 3.05) is 13.2 Å². The molecule has 1 rings (SSSR count). The molecule has 0 bridgehead atoms. The Morgan fingerprint density at radius 3 is 2.46 bits per heavy atom. The van der Waals surface area contributed by atoms with Crippen molar-refractivity contribution in [3.63, 3.8) is 0 Å². The van der Waals surface area contributed by atoms with E-state index in [0.29, 0.717) is 13.2 Å². The summed E-state index contributed by atoms with van der Waals surface area (Å²) in [5.41, 5.74) is 7.49. The largest absolute Gasteiger partial charge is 0.494 e. The lowest BCUT2D eigenvalue weighted by Gasteiger charge is -2.05. The van der Waals surface area contributed by atoms with Gasteiger partial charge in [-0.3, -0.25) is 0 Å². The molecular formula is C11H15NO. The molecule has 0 spiro atoms. The summed E-state index contributed by atoms with van der Waals surface area (Å²) < 4.78 is 5.31. The maximum Gasteiger partial charge on any atom is 0.119 e. The van der Waals surface area contributed by atoms with E-state index in [2.05, 4.69) is 6.58 Å². The zero-order valence-electron chi connectivity index (χ0n) is 7.92. The maximum absolute atomic E-state index is 5.47. The van der Waals surface area contributed by atoms with Crippen molar-refractivity contribution in [2.24, 2.45) is 5.73 Å². The van der Waals surface area contributed by atoms with Gasteiger partial charge in [0.25, 0.3) is 0 Å². The Kier molecular flexibility index (Phi) is 3.53. The van der Waals surface area contributed by atoms with Crippen LogP contribution in [-0.2, 0) is 0 Å². The maximum atomic E-state index is 5.47. The Bertz CT molecular complexity index is 277. The van der Waals surface area contributed by atoms with Crippen molar-refractivity contribution in [3.8, 4) is 5.75 Å². The first-order chi connectivity index (χ1) is 6.27. The third kappa shape index (κ3) is 2.60. The highest BCUT2D eigenvalue weighted by Gasteiger charge is 1.96. The predicted octanol–water partition coefficient (Wildman–Crippen LogP) is 2.06. The average Bonchev–Trinajstić information content (AvgIpc) is 2.18. The van der Waals surface area contributed by atoms with Crippen LogP contribution in [0.4, 0.5) is 0 Å². The third-order valence-electron chi connectivity index (χ3n) is 1.82. The first-order valence-corrected chi connectivity index (χ1v) is 4.39. The molecule has 2 nitrogen and oxygen atoms in total. The van der Waals surface area contributed by atoms with Gasteiger partial charge in [-0.1, -0.05) is 18.7 Å². The Morgan fingerprint density at radius 1 is 1.38 bits per heavy atom. The van der Waals surface area contributed by atoms with E-state index in [1.807, 2.05) is 31.2 Å². The molecule has 0 heterocycles. The molecule has 2 heteroatoms. The van der Waals surface area contributed by atoms with Crippen LogP contribution in [0.5, 0.6) is 5.75 Å². The van der Waals surface area contributed by atoms with E-state index >= 15 is 0 Å². The molecule has 13 heavy (non-hydrogen) atoms. The lowest BCUT2D eigenvalue weighted by Crippen LogP contribution is -2.00. The first-order valence-electron chi connectivity index (χ1n) is 4.39. The van der Waals surface area contributed by atoms with Crippen LogP contribution in [0.2, 0.25) is 0 Å². The van der Waals surface area contributed by atoms with Gasteiger partial charge in [0.1, 0.15) is 5.75 Å². The van der Waals surface area contributed by atoms with Crippen LogP contribution in [-0.4, -0.2) is 13.2 Å². The van der Waals surface area contributed by atoms with Crippen molar-refractivity contribution in [1.29, 1.82) is 0 Å². The zero-order valence-corrected chi connectivity index (χ0v) is 7.92. The summed E-state index contributed by atoms with van der Waals surface area (Å²) in [5.74, 6) is 0.885. The van der Waals surface area contributed by atoms with Gasteiger partial charge in [0.15, 0.2) is 0 Å². The monoisotopic (exact) mass is 177 g/mol. The molecule has 0 radical (unpaired) electrons. The molecule has 1 aromatic carbocycles. The summed E-state index contributed by atoms with van der Waals surface area (Å²) in [6.45, 7) is 7.00. The molecular weight excluding hydrogens is 162 g/mol. The van der Waals surface area contributed by atoms with Crippen LogP contribution < -0.4 is 10.5 Å². The second kappa shape index (κ2) is 4.67. The minimum absolute atomic E-state index is 0.494. The topological polar surface area (TPSA) is 35.2 Å². The Hall–Kier alpha value is -1.28. The molecule has 0 aliphatic carbocycles. The number of benzene rings is 1. The van der Waals surface area contributed by atoms with Crippen molar-refractivity contribution < 1.29 is 4.74 Å². The summed E-state index contributed by atoms with van der Waals surface area (Å²) in [7, 11) is 0. The van der Waals surface area contributed by atoms with Crippen LogP contribution >= 0.6 is 0 Å². The van der Waals surface area contributed by atoms with E-state index in [-0.39, 0.29) is 0 Å². The Balaban J connectivity index is 2.75. The van der Waals surface area contributed by atoms with E-state index in [4.69, 9.17) is 10.5 Å². The summed E-state index contributed by atoms with van der Waals surface area (Å²) in [5, 5.41) is 0. The SMILES string of the molecule is C=C(CN)c1ccc(OCC)cc1. The highest BCUT2D eigenvalue weighted by Crippen LogP contribution is 2.16. The van der Waals surface area contributed by atoms with Crippen molar-refractivity contribution in [3.05, 3.63) is 36.4 Å². The summed E-state index contributed by atoms with van der Waals surface area (Å²) in [4.78, 5) is 0. The molecule has 70 valence electrons. The molecule has 0 amide bonds. The summed E-state index contributed by atoms with van der Waals surface area (Å²) >= 11 is 0. The summed E-state index contributed by atoms with van der Waals surface area (Å²) in [6.07, 6.45) is 0. The molecule has 0 aliphatic rings. The molecule has 0 fully saturated rings. The second-order valence-electron chi connectivity index (χ2n) is 2.77. The summed E-state index contributed by atoms with van der Waals surface area (Å²) in [6, 6.07) is 7.81. The predicted molar refractivity (Wildman–Crippen MR) is 55.7 cm³/mol. The molecule has 1 aromatic rings. The van der Waals surface area contributed by atoms with Gasteiger partial charge in [0, 0.05) is 6.54 Å². The second-order valence-corrected chi connectivity index (χ2v) is 2.77. The van der Waals surface area contributed by atoms with Crippen LogP contribution in [0.1, 0.15) is 12.5 Å². The molecule has 0 aromatic heterocycles. The van der Waals surface area contributed by atoms with Gasteiger partial charge in [-0.2, -0.15) is 0 Å². The van der Waals surface area contributed by atoms with Gasteiger partial charge in [-0.25, -0.2) is 0 Å². The molecule has 2 N–H and O–H groups in total. The number of rotatable bonds is 4. The fourth-order valence-corrected chi connectivity index (χ4v) is 1.07. The number of hydrogen-bond acceptors (Lipinski definition) is 2. The lowest BCUT2D eigenvalue weighted by atomic mass is 10.1. The lowest BCUT2D eigenvalue weighted by molar-refractivity contribution is 0.340. The van der Waals surface area contributed by atoms with Crippen molar-refractivity contribution in [2.45, 2.75) is 6.92 Å². The normalized spacial score (nSPS) is 9.69. The zero-order chi connectivity index (χ0) is 9.68. The Labute approximate surface area is 79.0 Å². The van der Waals surface area contributed by atoms with Crippen LogP contribution in [0, 0.1) is 0 Å². The van der Waals surface area contributed by atoms with Gasteiger partial charge < -0.3 is 10.5 Å². The van der Waals surface area contributed by atoms with Crippen LogP contribution in [0.15, 0.2) is 30.8 Å². The van der Waals surface area contributed by atoms with Crippen LogP contribution in [0.25, 0.3) is 5.57 Å². The smallest absolute Gasteiger partial charge is 0.119 e. The molecule has 0 saturated heterocycles. The van der Waals surface area contributed by atoms with Crippen molar-refractivity contribution in [1.82, 2.24) is 0 Å². The van der Waals surface area contributed by atoms with E-state index in [9.17, 15) is 0 Å². The van der Waals surface area contributed by atoms with Gasteiger partial charge >= 0.3 is 0 Å². The molecule has 0 atom stereocenters. The highest BCUT2D eigenvalue weighted by atomic mass is 16.5. The van der Waals surface area contributed by atoms with E-state index in [0.717, 1.165) is 16.9 Å². The fraction of sp³-hybridized carbons (Fsp3) is 0.273. The number of ether oxygens (including phenoxy) is 1. The van der Waals surface area contributed by atoms with E-state index in [1.165, 1.54) is 0 Å². The number of hydrogen-bond donors (Lipinski definition) is 1.